The fourth-order valence-corrected chi connectivity index (χ4v) is 12.2. The van der Waals surface area contributed by atoms with E-state index in [4.69, 9.17) is 0 Å². The molecule has 8 rings (SSSR count). The third-order valence-electron chi connectivity index (χ3n) is 9.66. The number of fused-ring (bicyclic) bond motifs is 3. The maximum Gasteiger partial charge on any atom is 0.179 e. The van der Waals surface area contributed by atoms with Crippen molar-refractivity contribution in [3.05, 3.63) is 187 Å². The first-order valence-electron chi connectivity index (χ1n) is 16.4. The van der Waals surface area contributed by atoms with E-state index in [9.17, 15) is 15.8 Å². The second-order valence-corrected chi connectivity index (χ2v) is 16.1. The van der Waals surface area contributed by atoms with Crippen molar-refractivity contribution >= 4 is 50.6 Å². The molecule has 0 atom stereocenters. The summed E-state index contributed by atoms with van der Waals surface area (Å²) in [5.41, 5.74) is 5.44. The fraction of sp³-hybridized carbons (Fsp3) is 0. The first-order chi connectivity index (χ1) is 24.7. The molecule has 1 aromatic heterocycles. The maximum absolute atomic E-state index is 10.4. The van der Waals surface area contributed by atoms with E-state index in [1.807, 2.05) is 48.5 Å². The lowest BCUT2D eigenvalue weighted by Gasteiger charge is -2.34. The molecule has 232 valence electrons. The Labute approximate surface area is 291 Å². The van der Waals surface area contributed by atoms with Crippen molar-refractivity contribution in [1.82, 2.24) is 4.57 Å². The monoisotopic (exact) mass is 652 g/mol. The first kappa shape index (κ1) is 30.4. The average molecular weight is 653 g/mol. The molecule has 0 amide bonds. The molecule has 1 heterocycles. The molecule has 7 aromatic carbocycles. The van der Waals surface area contributed by atoms with Crippen LogP contribution in [0.4, 0.5) is 0 Å². The average Bonchev–Trinajstić information content (AvgIpc) is 3.53. The van der Waals surface area contributed by atoms with Gasteiger partial charge in [-0.15, -0.1) is 0 Å². The number of benzene rings is 7. The number of nitriles is 3. The van der Waals surface area contributed by atoms with Crippen molar-refractivity contribution in [1.29, 1.82) is 15.8 Å². The van der Waals surface area contributed by atoms with Crippen LogP contribution in [0.15, 0.2) is 170 Å². The molecule has 0 fully saturated rings. The molecular weight excluding hydrogens is 625 g/mol. The van der Waals surface area contributed by atoms with Crippen molar-refractivity contribution in [2.24, 2.45) is 0 Å². The van der Waals surface area contributed by atoms with E-state index in [1.54, 1.807) is 6.07 Å². The second kappa shape index (κ2) is 12.6. The number of hydrogen-bond acceptors (Lipinski definition) is 3. The minimum Gasteiger partial charge on any atom is -0.309 e. The van der Waals surface area contributed by atoms with E-state index in [2.05, 4.69) is 138 Å². The summed E-state index contributed by atoms with van der Waals surface area (Å²) < 4.78 is 2.11. The molecule has 0 saturated carbocycles. The predicted octanol–water partition coefficient (Wildman–Crippen LogP) is 7.44. The van der Waals surface area contributed by atoms with Crippen LogP contribution in [0.25, 0.3) is 38.6 Å². The van der Waals surface area contributed by atoms with E-state index in [0.29, 0.717) is 22.3 Å². The van der Waals surface area contributed by atoms with Crippen LogP contribution in [0.1, 0.15) is 16.7 Å². The second-order valence-electron chi connectivity index (χ2n) is 12.3. The van der Waals surface area contributed by atoms with Crippen molar-refractivity contribution in [3.8, 4) is 35.0 Å². The lowest BCUT2D eigenvalue weighted by atomic mass is 9.95. The Morgan fingerprint density at radius 1 is 0.440 bits per heavy atom. The summed E-state index contributed by atoms with van der Waals surface area (Å²) in [5.74, 6) is 0. The molecule has 5 heteroatoms. The van der Waals surface area contributed by atoms with Gasteiger partial charge in [0.15, 0.2) is 8.07 Å². The molecule has 0 saturated heterocycles. The standard InChI is InChI=1S/C45H28N4Si/c46-29-32-20-25-45-42(26-32)40-18-10-11-19-44(40)49(45)35-27-34(30-47)43(31-48)41(28-35)33-21-23-39(24-22-33)50(36-12-4-1-5-13-36,37-14-6-2-7-15-37)38-16-8-3-9-17-38/h1-28H. The summed E-state index contributed by atoms with van der Waals surface area (Å²) in [6, 6.07) is 65.3. The van der Waals surface area contributed by atoms with E-state index in [-0.39, 0.29) is 0 Å². The molecular formula is C45H28N4Si. The van der Waals surface area contributed by atoms with Crippen LogP contribution in [-0.4, -0.2) is 12.6 Å². The molecule has 0 radical (unpaired) electrons. The zero-order valence-corrected chi connectivity index (χ0v) is 28.0. The Bertz CT molecular complexity index is 2560. The van der Waals surface area contributed by atoms with Crippen molar-refractivity contribution in [2.45, 2.75) is 0 Å². The number of aromatic nitrogens is 1. The first-order valence-corrected chi connectivity index (χ1v) is 18.4. The summed E-state index contributed by atoms with van der Waals surface area (Å²) in [4.78, 5) is 0. The summed E-state index contributed by atoms with van der Waals surface area (Å²) in [5, 5.41) is 37.4. The fourth-order valence-electron chi connectivity index (χ4n) is 7.48. The molecule has 4 nitrogen and oxygen atoms in total. The summed E-state index contributed by atoms with van der Waals surface area (Å²) in [6.45, 7) is 0. The van der Waals surface area contributed by atoms with Crippen molar-refractivity contribution in [3.63, 3.8) is 0 Å². The largest absolute Gasteiger partial charge is 0.309 e. The number of nitrogens with zero attached hydrogens (tertiary/aromatic N) is 4. The Kier molecular flexibility index (Phi) is 7.63. The Morgan fingerprint density at radius 3 is 1.54 bits per heavy atom. The van der Waals surface area contributed by atoms with Gasteiger partial charge in [0.05, 0.1) is 33.8 Å². The topological polar surface area (TPSA) is 76.3 Å². The Balaban J connectivity index is 1.36. The molecule has 0 spiro atoms. The predicted molar refractivity (Wildman–Crippen MR) is 204 cm³/mol. The Morgan fingerprint density at radius 2 is 0.980 bits per heavy atom. The number of rotatable bonds is 6. The molecule has 0 aliphatic heterocycles. The quantitative estimate of drug-likeness (QED) is 0.138. The van der Waals surface area contributed by atoms with Crippen molar-refractivity contribution in [2.75, 3.05) is 0 Å². The highest BCUT2D eigenvalue weighted by Crippen LogP contribution is 2.36. The Hall–Kier alpha value is -6.97. The van der Waals surface area contributed by atoms with Crippen LogP contribution >= 0.6 is 0 Å². The third kappa shape index (κ3) is 4.80. The van der Waals surface area contributed by atoms with Gasteiger partial charge in [0.2, 0.25) is 0 Å². The van der Waals surface area contributed by atoms with E-state index in [0.717, 1.165) is 33.1 Å². The van der Waals surface area contributed by atoms with Gasteiger partial charge in [0, 0.05) is 22.0 Å². The van der Waals surface area contributed by atoms with Crippen LogP contribution in [-0.2, 0) is 0 Å². The normalized spacial score (nSPS) is 11.1. The molecule has 0 N–H and O–H groups in total. The summed E-state index contributed by atoms with van der Waals surface area (Å²) in [6.07, 6.45) is 0. The molecule has 8 aromatic rings. The van der Waals surface area contributed by atoms with Gasteiger partial charge < -0.3 is 4.57 Å². The van der Waals surface area contributed by atoms with Crippen LogP contribution < -0.4 is 20.7 Å². The number of hydrogen-bond donors (Lipinski definition) is 0. The minimum absolute atomic E-state index is 0.310. The molecule has 0 bridgehead atoms. The lowest BCUT2D eigenvalue weighted by Crippen LogP contribution is -2.74. The van der Waals surface area contributed by atoms with Crippen LogP contribution in [0, 0.1) is 34.0 Å². The lowest BCUT2D eigenvalue weighted by molar-refractivity contribution is 1.17. The van der Waals surface area contributed by atoms with Gasteiger partial charge in [-0.2, -0.15) is 15.8 Å². The molecule has 0 aliphatic carbocycles. The van der Waals surface area contributed by atoms with Gasteiger partial charge in [-0.3, -0.25) is 0 Å². The van der Waals surface area contributed by atoms with Crippen molar-refractivity contribution < 1.29 is 0 Å². The molecule has 0 unspecified atom stereocenters. The maximum atomic E-state index is 10.4. The summed E-state index contributed by atoms with van der Waals surface area (Å²) in [7, 11) is -2.73. The van der Waals surface area contributed by atoms with Gasteiger partial charge >= 0.3 is 0 Å². The van der Waals surface area contributed by atoms with Gasteiger partial charge in [0.1, 0.15) is 12.1 Å². The van der Waals surface area contributed by atoms with E-state index in [1.165, 1.54) is 20.7 Å². The van der Waals surface area contributed by atoms with Crippen LogP contribution in [0.3, 0.4) is 0 Å². The van der Waals surface area contributed by atoms with Crippen LogP contribution in [0.2, 0.25) is 0 Å². The van der Waals surface area contributed by atoms with E-state index >= 15 is 0 Å². The number of para-hydroxylation sites is 1. The molecule has 50 heavy (non-hydrogen) atoms. The smallest absolute Gasteiger partial charge is 0.179 e. The SMILES string of the molecule is N#Cc1ccc2c(c1)c1ccccc1n2-c1cc(C#N)c(C#N)c(-c2ccc([Si](c3ccccc3)(c3ccccc3)c3ccccc3)cc2)c1. The van der Waals surface area contributed by atoms with Gasteiger partial charge in [-0.25, -0.2) is 0 Å². The zero-order chi connectivity index (χ0) is 34.1. The zero-order valence-electron chi connectivity index (χ0n) is 27.0. The highest BCUT2D eigenvalue weighted by Gasteiger charge is 2.41. The highest BCUT2D eigenvalue weighted by atomic mass is 28.3. The van der Waals surface area contributed by atoms with E-state index < -0.39 is 8.07 Å². The van der Waals surface area contributed by atoms with Crippen LogP contribution in [0.5, 0.6) is 0 Å². The highest BCUT2D eigenvalue weighted by molar-refractivity contribution is 7.19. The van der Waals surface area contributed by atoms with Gasteiger partial charge in [-0.1, -0.05) is 133 Å². The van der Waals surface area contributed by atoms with Gasteiger partial charge in [-0.05, 0) is 62.7 Å². The minimum atomic E-state index is -2.73. The molecule has 0 aliphatic rings. The van der Waals surface area contributed by atoms with Gasteiger partial charge in [0.25, 0.3) is 0 Å². The third-order valence-corrected chi connectivity index (χ3v) is 14.5. The summed E-state index contributed by atoms with van der Waals surface area (Å²) >= 11 is 0.